The number of carboxylic acids is 1. The largest absolute Gasteiger partial charge is 0.481 e. The zero-order chi connectivity index (χ0) is 14.5. The van der Waals surface area contributed by atoms with Gasteiger partial charge in [-0.25, -0.2) is 4.98 Å². The fourth-order valence-corrected chi connectivity index (χ4v) is 2.12. The predicted octanol–water partition coefficient (Wildman–Crippen LogP) is -0.104. The molecule has 1 amide bonds. The highest BCUT2D eigenvalue weighted by Gasteiger charge is 2.22. The van der Waals surface area contributed by atoms with Crippen LogP contribution >= 0.6 is 0 Å². The summed E-state index contributed by atoms with van der Waals surface area (Å²) < 4.78 is 0. The number of nitrogens with two attached hydrogens (primary N) is 1. The molecule has 0 atom stereocenters. The van der Waals surface area contributed by atoms with E-state index in [0.717, 1.165) is 0 Å². The molecule has 1 saturated heterocycles. The van der Waals surface area contributed by atoms with Crippen LogP contribution in [0.5, 0.6) is 0 Å². The second-order valence-electron chi connectivity index (χ2n) is 4.75. The number of carbonyl (C=O) groups excluding carboxylic acids is 1. The van der Waals surface area contributed by atoms with Crippen molar-refractivity contribution in [2.75, 3.05) is 38.5 Å². The lowest BCUT2D eigenvalue weighted by atomic mass is 10.2. The van der Waals surface area contributed by atoms with Gasteiger partial charge in [0, 0.05) is 32.7 Å². The van der Waals surface area contributed by atoms with Crippen LogP contribution < -0.4 is 5.73 Å². The first-order valence-corrected chi connectivity index (χ1v) is 6.51. The van der Waals surface area contributed by atoms with E-state index in [-0.39, 0.29) is 12.3 Å². The van der Waals surface area contributed by atoms with E-state index in [1.807, 2.05) is 4.90 Å². The third-order valence-corrected chi connectivity index (χ3v) is 3.31. The van der Waals surface area contributed by atoms with Gasteiger partial charge in [-0.3, -0.25) is 14.5 Å². The van der Waals surface area contributed by atoms with Crippen LogP contribution in [-0.4, -0.2) is 64.5 Å². The van der Waals surface area contributed by atoms with Crippen LogP contribution in [0.3, 0.4) is 0 Å². The molecule has 1 aliphatic rings. The van der Waals surface area contributed by atoms with Gasteiger partial charge in [-0.15, -0.1) is 0 Å². The molecule has 2 heterocycles. The van der Waals surface area contributed by atoms with Crippen LogP contribution in [0, 0.1) is 0 Å². The van der Waals surface area contributed by atoms with Crippen LogP contribution in [0.4, 0.5) is 5.69 Å². The molecule has 0 bridgehead atoms. The smallest absolute Gasteiger partial charge is 0.304 e. The van der Waals surface area contributed by atoms with Crippen LogP contribution in [0.15, 0.2) is 18.3 Å². The van der Waals surface area contributed by atoms with Gasteiger partial charge in [0.05, 0.1) is 18.3 Å². The van der Waals surface area contributed by atoms with E-state index in [1.54, 1.807) is 17.0 Å². The summed E-state index contributed by atoms with van der Waals surface area (Å²) in [4.78, 5) is 30.5. The molecule has 20 heavy (non-hydrogen) atoms. The molecule has 0 aliphatic carbocycles. The summed E-state index contributed by atoms with van der Waals surface area (Å²) >= 11 is 0. The minimum atomic E-state index is -0.797. The van der Waals surface area contributed by atoms with Gasteiger partial charge < -0.3 is 15.7 Å². The van der Waals surface area contributed by atoms with Gasteiger partial charge in [0.2, 0.25) is 0 Å². The highest BCUT2D eigenvalue weighted by Crippen LogP contribution is 2.09. The molecule has 7 heteroatoms. The van der Waals surface area contributed by atoms with Gasteiger partial charge in [-0.1, -0.05) is 0 Å². The molecule has 1 aliphatic heterocycles. The number of nitrogen functional groups attached to an aromatic ring is 1. The maximum absolute atomic E-state index is 12.2. The Hall–Kier alpha value is -2.15. The number of amides is 1. The number of pyridine rings is 1. The van der Waals surface area contributed by atoms with E-state index in [4.69, 9.17) is 10.8 Å². The maximum atomic E-state index is 12.2. The Kier molecular flexibility index (Phi) is 4.52. The highest BCUT2D eigenvalue weighted by molar-refractivity contribution is 5.92. The SMILES string of the molecule is Nc1ccc(C(=O)N2CCN(CCC(=O)O)CC2)nc1. The number of nitrogens with zero attached hydrogens (tertiary/aromatic N) is 3. The first kappa shape index (κ1) is 14.3. The molecule has 0 saturated carbocycles. The minimum absolute atomic E-state index is 0.108. The van der Waals surface area contributed by atoms with Crippen molar-refractivity contribution in [3.63, 3.8) is 0 Å². The number of aromatic nitrogens is 1. The lowest BCUT2D eigenvalue weighted by molar-refractivity contribution is -0.137. The van der Waals surface area contributed by atoms with Crippen molar-refractivity contribution in [3.8, 4) is 0 Å². The summed E-state index contributed by atoms with van der Waals surface area (Å²) in [5, 5.41) is 8.65. The lowest BCUT2D eigenvalue weighted by Crippen LogP contribution is -2.49. The summed E-state index contributed by atoms with van der Waals surface area (Å²) in [5.41, 5.74) is 6.45. The normalized spacial score (nSPS) is 16.1. The second kappa shape index (κ2) is 6.33. The average Bonchev–Trinajstić information content (AvgIpc) is 2.46. The number of aliphatic carboxylic acids is 1. The van der Waals surface area contributed by atoms with E-state index in [2.05, 4.69) is 4.98 Å². The van der Waals surface area contributed by atoms with Crippen LogP contribution in [-0.2, 0) is 4.79 Å². The Morgan fingerprint density at radius 2 is 1.95 bits per heavy atom. The van der Waals surface area contributed by atoms with Crippen molar-refractivity contribution < 1.29 is 14.7 Å². The molecular formula is C13H18N4O3. The fraction of sp³-hybridized carbons (Fsp3) is 0.462. The summed E-state index contributed by atoms with van der Waals surface area (Å²) in [6.07, 6.45) is 1.60. The maximum Gasteiger partial charge on any atom is 0.304 e. The average molecular weight is 278 g/mol. The highest BCUT2D eigenvalue weighted by atomic mass is 16.4. The number of carbonyl (C=O) groups is 2. The number of piperazine rings is 1. The Balaban J connectivity index is 1.85. The number of hydrogen-bond donors (Lipinski definition) is 2. The first-order chi connectivity index (χ1) is 9.56. The molecule has 108 valence electrons. The standard InChI is InChI=1S/C13H18N4O3/c14-10-1-2-11(15-9-10)13(20)17-7-5-16(6-8-17)4-3-12(18)19/h1-2,9H,3-8,14H2,(H,18,19). The summed E-state index contributed by atoms with van der Waals surface area (Å²) in [6.45, 7) is 3.08. The van der Waals surface area contributed by atoms with Gasteiger partial charge in [-0.2, -0.15) is 0 Å². The van der Waals surface area contributed by atoms with Crippen molar-refractivity contribution in [1.29, 1.82) is 0 Å². The lowest BCUT2D eigenvalue weighted by Gasteiger charge is -2.34. The van der Waals surface area contributed by atoms with Gasteiger partial charge in [0.15, 0.2) is 0 Å². The summed E-state index contributed by atoms with van der Waals surface area (Å²) in [6, 6.07) is 3.28. The van der Waals surface area contributed by atoms with E-state index in [9.17, 15) is 9.59 Å². The Labute approximate surface area is 117 Å². The molecule has 0 aromatic carbocycles. The van der Waals surface area contributed by atoms with Crippen molar-refractivity contribution in [3.05, 3.63) is 24.0 Å². The summed E-state index contributed by atoms with van der Waals surface area (Å²) in [7, 11) is 0. The molecule has 1 aromatic heterocycles. The van der Waals surface area contributed by atoms with E-state index < -0.39 is 5.97 Å². The Morgan fingerprint density at radius 1 is 1.25 bits per heavy atom. The van der Waals surface area contributed by atoms with Gasteiger partial charge in [0.1, 0.15) is 5.69 Å². The van der Waals surface area contributed by atoms with Crippen LogP contribution in [0.25, 0.3) is 0 Å². The third kappa shape index (κ3) is 3.67. The number of hydrogen-bond acceptors (Lipinski definition) is 5. The second-order valence-corrected chi connectivity index (χ2v) is 4.75. The minimum Gasteiger partial charge on any atom is -0.481 e. The number of anilines is 1. The third-order valence-electron chi connectivity index (χ3n) is 3.31. The summed E-state index contributed by atoms with van der Waals surface area (Å²) in [5.74, 6) is -0.905. The molecular weight excluding hydrogens is 260 g/mol. The number of rotatable bonds is 4. The van der Waals surface area contributed by atoms with Crippen molar-refractivity contribution in [2.45, 2.75) is 6.42 Å². The van der Waals surface area contributed by atoms with E-state index in [1.165, 1.54) is 6.20 Å². The molecule has 0 unspecified atom stereocenters. The molecule has 0 spiro atoms. The van der Waals surface area contributed by atoms with Crippen molar-refractivity contribution in [1.82, 2.24) is 14.8 Å². The topological polar surface area (TPSA) is 99.8 Å². The monoisotopic (exact) mass is 278 g/mol. The molecule has 1 aromatic rings. The molecule has 0 radical (unpaired) electrons. The Morgan fingerprint density at radius 3 is 2.50 bits per heavy atom. The van der Waals surface area contributed by atoms with E-state index >= 15 is 0 Å². The van der Waals surface area contributed by atoms with Crippen molar-refractivity contribution >= 4 is 17.6 Å². The first-order valence-electron chi connectivity index (χ1n) is 6.51. The van der Waals surface area contributed by atoms with Crippen LogP contribution in [0.1, 0.15) is 16.9 Å². The van der Waals surface area contributed by atoms with Gasteiger partial charge in [0.25, 0.3) is 5.91 Å². The molecule has 7 nitrogen and oxygen atoms in total. The van der Waals surface area contributed by atoms with Crippen molar-refractivity contribution in [2.24, 2.45) is 0 Å². The van der Waals surface area contributed by atoms with E-state index in [0.29, 0.717) is 44.1 Å². The molecule has 3 N–H and O–H groups in total. The van der Waals surface area contributed by atoms with Gasteiger partial charge in [-0.05, 0) is 12.1 Å². The predicted molar refractivity (Wildman–Crippen MR) is 73.2 cm³/mol. The number of carboxylic acid groups (broad SMARTS) is 1. The molecule has 2 rings (SSSR count). The quantitative estimate of drug-likeness (QED) is 0.797. The Bertz CT molecular complexity index is 481. The molecule has 1 fully saturated rings. The van der Waals surface area contributed by atoms with Gasteiger partial charge >= 0.3 is 5.97 Å². The van der Waals surface area contributed by atoms with Crippen LogP contribution in [0.2, 0.25) is 0 Å². The fourth-order valence-electron chi connectivity index (χ4n) is 2.12. The zero-order valence-electron chi connectivity index (χ0n) is 11.2. The zero-order valence-corrected chi connectivity index (χ0v) is 11.2.